The Hall–Kier alpha value is -1.52. The Morgan fingerprint density at radius 3 is 2.82 bits per heavy atom. The summed E-state index contributed by atoms with van der Waals surface area (Å²) in [5, 5.41) is 7.00. The first-order valence-corrected chi connectivity index (χ1v) is 6.10. The normalized spacial score (nSPS) is 11.8. The Morgan fingerprint density at radius 1 is 1.47 bits per heavy atom. The molecule has 0 aliphatic heterocycles. The van der Waals surface area contributed by atoms with E-state index in [2.05, 4.69) is 22.4 Å². The fraction of sp³-hybridized carbons (Fsp3) is 0.667. The number of aliphatic imine (C=N–C) groups is 1. The third kappa shape index (κ3) is 4.46. The van der Waals surface area contributed by atoms with Gasteiger partial charge in [-0.25, -0.2) is 0 Å². The first-order valence-electron chi connectivity index (χ1n) is 6.10. The number of hydrogen-bond acceptors (Lipinski definition) is 3. The molecule has 0 atom stereocenters. The van der Waals surface area contributed by atoms with Crippen molar-refractivity contribution >= 4 is 5.96 Å². The Morgan fingerprint density at radius 2 is 2.24 bits per heavy atom. The van der Waals surface area contributed by atoms with Gasteiger partial charge in [0.05, 0.1) is 5.69 Å². The van der Waals surface area contributed by atoms with Gasteiger partial charge in [-0.2, -0.15) is 0 Å². The van der Waals surface area contributed by atoms with Crippen LogP contribution < -0.4 is 11.1 Å². The predicted octanol–water partition coefficient (Wildman–Crippen LogP) is 1.54. The summed E-state index contributed by atoms with van der Waals surface area (Å²) in [6.45, 7) is 7.56. The highest BCUT2D eigenvalue weighted by Gasteiger charge is 2.07. The van der Waals surface area contributed by atoms with Gasteiger partial charge in [-0.3, -0.25) is 4.99 Å². The van der Waals surface area contributed by atoms with Gasteiger partial charge in [-0.1, -0.05) is 18.5 Å². The number of nitrogens with zero attached hydrogens (tertiary/aromatic N) is 2. The first kappa shape index (κ1) is 13.5. The predicted molar refractivity (Wildman–Crippen MR) is 69.1 cm³/mol. The van der Waals surface area contributed by atoms with E-state index < -0.39 is 0 Å². The summed E-state index contributed by atoms with van der Waals surface area (Å²) in [6, 6.07) is 0. The van der Waals surface area contributed by atoms with Crippen LogP contribution in [0.25, 0.3) is 0 Å². The highest BCUT2D eigenvalue weighted by molar-refractivity contribution is 5.77. The molecular weight excluding hydrogens is 216 g/mol. The molecular formula is C12H22N4O. The number of aryl methyl sites for hydroxylation is 2. The Balaban J connectivity index is 2.30. The van der Waals surface area contributed by atoms with Crippen LogP contribution >= 0.6 is 0 Å². The molecule has 3 N–H and O–H groups in total. The second kappa shape index (κ2) is 6.93. The van der Waals surface area contributed by atoms with Crippen LogP contribution in [0, 0.1) is 13.8 Å². The number of hydrogen-bond donors (Lipinski definition) is 2. The number of nitrogens with two attached hydrogens (primary N) is 1. The van der Waals surface area contributed by atoms with E-state index in [1.165, 1.54) is 0 Å². The molecule has 0 bridgehead atoms. The molecule has 0 aromatic carbocycles. The molecule has 1 aromatic heterocycles. The lowest BCUT2D eigenvalue weighted by Crippen LogP contribution is -2.33. The van der Waals surface area contributed by atoms with Crippen molar-refractivity contribution in [1.29, 1.82) is 0 Å². The van der Waals surface area contributed by atoms with E-state index in [0.717, 1.165) is 49.4 Å². The van der Waals surface area contributed by atoms with Crippen molar-refractivity contribution in [3.63, 3.8) is 0 Å². The van der Waals surface area contributed by atoms with E-state index in [0.29, 0.717) is 5.96 Å². The fourth-order valence-electron chi connectivity index (χ4n) is 1.59. The number of nitrogens with one attached hydrogen (secondary N) is 1. The Labute approximate surface area is 102 Å². The van der Waals surface area contributed by atoms with Crippen molar-refractivity contribution in [3.05, 3.63) is 17.0 Å². The third-order valence-electron chi connectivity index (χ3n) is 2.66. The van der Waals surface area contributed by atoms with Crippen molar-refractivity contribution in [1.82, 2.24) is 10.5 Å². The Kier molecular flexibility index (Phi) is 5.52. The smallest absolute Gasteiger partial charge is 0.188 e. The van der Waals surface area contributed by atoms with Crippen molar-refractivity contribution < 1.29 is 4.52 Å². The number of rotatable bonds is 6. The molecule has 0 fully saturated rings. The molecule has 0 radical (unpaired) electrons. The number of guanidine groups is 1. The maximum absolute atomic E-state index is 5.73. The molecule has 0 aliphatic carbocycles. The maximum atomic E-state index is 5.73. The minimum absolute atomic E-state index is 0.519. The van der Waals surface area contributed by atoms with Crippen LogP contribution in [-0.2, 0) is 6.42 Å². The van der Waals surface area contributed by atoms with Gasteiger partial charge in [0.2, 0.25) is 0 Å². The van der Waals surface area contributed by atoms with Gasteiger partial charge >= 0.3 is 0 Å². The summed E-state index contributed by atoms with van der Waals surface area (Å²) in [5.74, 6) is 1.40. The lowest BCUT2D eigenvalue weighted by molar-refractivity contribution is 0.392. The molecule has 0 aliphatic rings. The highest BCUT2D eigenvalue weighted by atomic mass is 16.5. The minimum atomic E-state index is 0.519. The standard InChI is InChI=1S/C12H22N4O/c1-4-5-7-14-12(13)15-8-6-11-9(2)16-17-10(11)3/h4-8H2,1-3H3,(H3,13,14,15). The first-order chi connectivity index (χ1) is 8.15. The molecule has 0 saturated carbocycles. The largest absolute Gasteiger partial charge is 0.370 e. The highest BCUT2D eigenvalue weighted by Crippen LogP contribution is 2.11. The molecule has 1 aromatic rings. The van der Waals surface area contributed by atoms with Crippen LogP contribution in [0.4, 0.5) is 0 Å². The molecule has 1 rings (SSSR count). The lowest BCUT2D eigenvalue weighted by Gasteiger charge is -2.05. The van der Waals surface area contributed by atoms with Crippen LogP contribution in [0.3, 0.4) is 0 Å². The Bertz CT molecular complexity index is 351. The second-order valence-corrected chi connectivity index (χ2v) is 4.10. The summed E-state index contributed by atoms with van der Waals surface area (Å²) < 4.78 is 5.09. The summed E-state index contributed by atoms with van der Waals surface area (Å²) in [7, 11) is 0. The van der Waals surface area contributed by atoms with Crippen LogP contribution in [0.1, 0.15) is 36.8 Å². The molecule has 0 spiro atoms. The van der Waals surface area contributed by atoms with Crippen molar-refractivity contribution in [2.75, 3.05) is 13.1 Å². The fourth-order valence-corrected chi connectivity index (χ4v) is 1.59. The van der Waals surface area contributed by atoms with E-state index in [1.54, 1.807) is 0 Å². The summed E-state index contributed by atoms with van der Waals surface area (Å²) >= 11 is 0. The lowest BCUT2D eigenvalue weighted by atomic mass is 10.1. The SMILES string of the molecule is CCCCN=C(N)NCCc1c(C)noc1C. The van der Waals surface area contributed by atoms with Gasteiger partial charge in [0.25, 0.3) is 0 Å². The van der Waals surface area contributed by atoms with Gasteiger partial charge in [-0.15, -0.1) is 0 Å². The molecule has 0 saturated heterocycles. The van der Waals surface area contributed by atoms with Crippen LogP contribution in [0.2, 0.25) is 0 Å². The average Bonchev–Trinajstić information content (AvgIpc) is 2.61. The van der Waals surface area contributed by atoms with E-state index in [4.69, 9.17) is 10.3 Å². The van der Waals surface area contributed by atoms with Crippen LogP contribution in [0.15, 0.2) is 9.52 Å². The van der Waals surface area contributed by atoms with Gasteiger partial charge in [-0.05, 0) is 26.7 Å². The summed E-state index contributed by atoms with van der Waals surface area (Å²) in [6.07, 6.45) is 3.06. The molecule has 17 heavy (non-hydrogen) atoms. The van der Waals surface area contributed by atoms with E-state index in [1.807, 2.05) is 13.8 Å². The monoisotopic (exact) mass is 238 g/mol. The third-order valence-corrected chi connectivity index (χ3v) is 2.66. The molecule has 0 amide bonds. The molecule has 1 heterocycles. The zero-order chi connectivity index (χ0) is 12.7. The van der Waals surface area contributed by atoms with Gasteiger partial charge in [0, 0.05) is 18.7 Å². The van der Waals surface area contributed by atoms with Crippen LogP contribution in [-0.4, -0.2) is 24.2 Å². The van der Waals surface area contributed by atoms with Crippen molar-refractivity contribution in [3.8, 4) is 0 Å². The molecule has 96 valence electrons. The molecule has 0 unspecified atom stereocenters. The molecule has 5 nitrogen and oxygen atoms in total. The average molecular weight is 238 g/mol. The zero-order valence-electron chi connectivity index (χ0n) is 10.9. The summed E-state index contributed by atoms with van der Waals surface area (Å²) in [5.41, 5.74) is 7.83. The van der Waals surface area contributed by atoms with Crippen molar-refractivity contribution in [2.45, 2.75) is 40.0 Å². The van der Waals surface area contributed by atoms with Gasteiger partial charge < -0.3 is 15.6 Å². The second-order valence-electron chi connectivity index (χ2n) is 4.10. The number of unbranched alkanes of at least 4 members (excludes halogenated alkanes) is 1. The van der Waals surface area contributed by atoms with E-state index in [-0.39, 0.29) is 0 Å². The topological polar surface area (TPSA) is 76.4 Å². The van der Waals surface area contributed by atoms with E-state index >= 15 is 0 Å². The summed E-state index contributed by atoms with van der Waals surface area (Å²) in [4.78, 5) is 4.22. The minimum Gasteiger partial charge on any atom is -0.370 e. The zero-order valence-corrected chi connectivity index (χ0v) is 10.9. The number of aromatic nitrogens is 1. The maximum Gasteiger partial charge on any atom is 0.188 e. The van der Waals surface area contributed by atoms with Gasteiger partial charge in [0.1, 0.15) is 5.76 Å². The van der Waals surface area contributed by atoms with Crippen molar-refractivity contribution in [2.24, 2.45) is 10.7 Å². The van der Waals surface area contributed by atoms with Crippen LogP contribution in [0.5, 0.6) is 0 Å². The van der Waals surface area contributed by atoms with E-state index in [9.17, 15) is 0 Å². The molecule has 5 heteroatoms. The quantitative estimate of drug-likeness (QED) is 0.448. The van der Waals surface area contributed by atoms with Gasteiger partial charge in [0.15, 0.2) is 5.96 Å².